The lowest BCUT2D eigenvalue weighted by molar-refractivity contribution is -0.126. The zero-order valence-corrected chi connectivity index (χ0v) is 12.5. The zero-order valence-electron chi connectivity index (χ0n) is 12.5. The van der Waals surface area contributed by atoms with Gasteiger partial charge in [0.25, 0.3) is 5.91 Å². The van der Waals surface area contributed by atoms with E-state index in [1.165, 1.54) is 12.3 Å². The van der Waals surface area contributed by atoms with Gasteiger partial charge in [-0.3, -0.25) is 4.79 Å². The van der Waals surface area contributed by atoms with E-state index in [4.69, 9.17) is 9.15 Å². The minimum absolute atomic E-state index is 0.0506. The second kappa shape index (κ2) is 5.67. The first-order chi connectivity index (χ1) is 10.6. The predicted molar refractivity (Wildman–Crippen MR) is 80.7 cm³/mol. The number of benzene rings is 1. The summed E-state index contributed by atoms with van der Waals surface area (Å²) in [5.74, 6) is -0.766. The van der Waals surface area contributed by atoms with Gasteiger partial charge in [-0.25, -0.2) is 4.79 Å². The molecule has 0 N–H and O–H groups in total. The van der Waals surface area contributed by atoms with Gasteiger partial charge in [-0.2, -0.15) is 0 Å². The first-order valence-electron chi connectivity index (χ1n) is 7.23. The van der Waals surface area contributed by atoms with Gasteiger partial charge in [0.05, 0.1) is 6.26 Å². The summed E-state index contributed by atoms with van der Waals surface area (Å²) in [6.07, 6.45) is 1.33. The van der Waals surface area contributed by atoms with Crippen LogP contribution in [0, 0.1) is 0 Å². The molecule has 3 rings (SSSR count). The molecule has 114 valence electrons. The molecular formula is C17H17NO4. The topological polar surface area (TPSA) is 59.8 Å². The van der Waals surface area contributed by atoms with Crippen molar-refractivity contribution in [1.82, 2.24) is 0 Å². The van der Waals surface area contributed by atoms with Crippen LogP contribution in [-0.2, 0) is 16.0 Å². The van der Waals surface area contributed by atoms with E-state index in [1.807, 2.05) is 31.2 Å². The highest BCUT2D eigenvalue weighted by atomic mass is 16.6. The third-order valence-electron chi connectivity index (χ3n) is 3.80. The van der Waals surface area contributed by atoms with Gasteiger partial charge in [-0.15, -0.1) is 0 Å². The van der Waals surface area contributed by atoms with Crippen LogP contribution in [0.3, 0.4) is 0 Å². The molecule has 22 heavy (non-hydrogen) atoms. The van der Waals surface area contributed by atoms with E-state index in [9.17, 15) is 9.59 Å². The van der Waals surface area contributed by atoms with Gasteiger partial charge in [0.1, 0.15) is 0 Å². The first kappa shape index (κ1) is 14.4. The van der Waals surface area contributed by atoms with Crippen LogP contribution >= 0.6 is 0 Å². The van der Waals surface area contributed by atoms with Crippen molar-refractivity contribution in [3.05, 3.63) is 54.0 Å². The zero-order chi connectivity index (χ0) is 15.7. The van der Waals surface area contributed by atoms with Crippen molar-refractivity contribution in [1.29, 1.82) is 0 Å². The maximum atomic E-state index is 12.6. The van der Waals surface area contributed by atoms with Crippen molar-refractivity contribution in [2.75, 3.05) is 4.90 Å². The van der Waals surface area contributed by atoms with Crippen molar-refractivity contribution in [2.24, 2.45) is 0 Å². The van der Waals surface area contributed by atoms with Crippen molar-refractivity contribution in [3.63, 3.8) is 0 Å². The van der Waals surface area contributed by atoms with Crippen molar-refractivity contribution in [3.8, 4) is 0 Å². The van der Waals surface area contributed by atoms with E-state index < -0.39 is 12.1 Å². The SMILES string of the molecule is C[C@@H]1Cc2ccccc2N1C(=O)[C@@H](C)OC(=O)c1ccco1. The van der Waals surface area contributed by atoms with Gasteiger partial charge in [0, 0.05) is 11.7 Å². The number of hydrogen-bond donors (Lipinski definition) is 0. The summed E-state index contributed by atoms with van der Waals surface area (Å²) in [4.78, 5) is 26.2. The molecule has 2 atom stereocenters. The van der Waals surface area contributed by atoms with Gasteiger partial charge < -0.3 is 14.1 Å². The number of ether oxygens (including phenoxy) is 1. The molecule has 0 aliphatic carbocycles. The fourth-order valence-corrected chi connectivity index (χ4v) is 2.76. The molecule has 0 saturated heterocycles. The monoisotopic (exact) mass is 299 g/mol. The summed E-state index contributed by atoms with van der Waals surface area (Å²) in [7, 11) is 0. The number of para-hydroxylation sites is 1. The largest absolute Gasteiger partial charge is 0.457 e. The summed E-state index contributed by atoms with van der Waals surface area (Å²) in [6.45, 7) is 3.57. The summed E-state index contributed by atoms with van der Waals surface area (Å²) in [5, 5.41) is 0. The number of amides is 1. The Hall–Kier alpha value is -2.56. The van der Waals surface area contributed by atoms with Gasteiger partial charge in [-0.1, -0.05) is 18.2 Å². The average molecular weight is 299 g/mol. The molecular weight excluding hydrogens is 282 g/mol. The third kappa shape index (κ3) is 2.50. The second-order valence-corrected chi connectivity index (χ2v) is 5.41. The lowest BCUT2D eigenvalue weighted by atomic mass is 10.1. The van der Waals surface area contributed by atoms with Crippen LogP contribution in [0.2, 0.25) is 0 Å². The molecule has 0 spiro atoms. The van der Waals surface area contributed by atoms with Gasteiger partial charge in [0.2, 0.25) is 5.76 Å². The minimum Gasteiger partial charge on any atom is -0.457 e. The lowest BCUT2D eigenvalue weighted by Crippen LogP contribution is -2.43. The Balaban J connectivity index is 1.75. The highest BCUT2D eigenvalue weighted by molar-refractivity contribution is 6.00. The maximum Gasteiger partial charge on any atom is 0.374 e. The van der Waals surface area contributed by atoms with E-state index in [0.717, 1.165) is 17.7 Å². The molecule has 0 fully saturated rings. The normalized spacial score (nSPS) is 17.9. The fraction of sp³-hybridized carbons (Fsp3) is 0.294. The van der Waals surface area contributed by atoms with E-state index in [0.29, 0.717) is 0 Å². The summed E-state index contributed by atoms with van der Waals surface area (Å²) in [6, 6.07) is 10.9. The van der Waals surface area contributed by atoms with Gasteiger partial charge in [-0.05, 0) is 44.0 Å². The second-order valence-electron chi connectivity index (χ2n) is 5.41. The molecule has 0 saturated carbocycles. The van der Waals surface area contributed by atoms with Crippen LogP contribution in [0.5, 0.6) is 0 Å². The van der Waals surface area contributed by atoms with Crippen LogP contribution in [0.15, 0.2) is 47.1 Å². The summed E-state index contributed by atoms with van der Waals surface area (Å²) < 4.78 is 10.2. The third-order valence-corrected chi connectivity index (χ3v) is 3.80. The standard InChI is InChI=1S/C17H17NO4/c1-11-10-13-6-3-4-7-14(13)18(11)16(19)12(2)22-17(20)15-8-5-9-21-15/h3-9,11-12H,10H2,1-2H3/t11-,12-/m1/s1. The predicted octanol–water partition coefficient (Wildman–Crippen LogP) is 2.80. The van der Waals surface area contributed by atoms with Gasteiger partial charge in [0.15, 0.2) is 6.10 Å². The quantitative estimate of drug-likeness (QED) is 0.818. The number of carbonyl (C=O) groups is 2. The number of hydrogen-bond acceptors (Lipinski definition) is 4. The number of carbonyl (C=O) groups excluding carboxylic acids is 2. The number of esters is 1. The summed E-state index contributed by atoms with van der Waals surface area (Å²) >= 11 is 0. The van der Waals surface area contributed by atoms with E-state index >= 15 is 0 Å². The lowest BCUT2D eigenvalue weighted by Gasteiger charge is -2.25. The average Bonchev–Trinajstić information content (AvgIpc) is 3.13. The van der Waals surface area contributed by atoms with Crippen LogP contribution in [0.25, 0.3) is 0 Å². The first-order valence-corrected chi connectivity index (χ1v) is 7.23. The Morgan fingerprint density at radius 3 is 2.77 bits per heavy atom. The van der Waals surface area contributed by atoms with E-state index in [2.05, 4.69) is 0 Å². The Bertz CT molecular complexity index is 692. The molecule has 1 aliphatic rings. The molecule has 1 amide bonds. The van der Waals surface area contributed by atoms with Crippen molar-refractivity contribution < 1.29 is 18.7 Å². The number of anilines is 1. The minimum atomic E-state index is -0.869. The van der Waals surface area contributed by atoms with E-state index in [1.54, 1.807) is 17.9 Å². The molecule has 5 heteroatoms. The number of furan rings is 1. The Morgan fingerprint density at radius 2 is 2.05 bits per heavy atom. The Labute approximate surface area is 128 Å². The molecule has 0 radical (unpaired) electrons. The molecule has 1 aromatic carbocycles. The number of fused-ring (bicyclic) bond motifs is 1. The van der Waals surface area contributed by atoms with Crippen LogP contribution in [0.1, 0.15) is 30.0 Å². The van der Waals surface area contributed by atoms with E-state index in [-0.39, 0.29) is 17.7 Å². The molecule has 0 unspecified atom stereocenters. The number of rotatable bonds is 3. The molecule has 0 bridgehead atoms. The highest BCUT2D eigenvalue weighted by Gasteiger charge is 2.34. The Kier molecular flexibility index (Phi) is 3.71. The molecule has 1 aliphatic heterocycles. The molecule has 2 heterocycles. The molecule has 5 nitrogen and oxygen atoms in total. The van der Waals surface area contributed by atoms with Crippen LogP contribution in [-0.4, -0.2) is 24.0 Å². The molecule has 1 aromatic heterocycles. The Morgan fingerprint density at radius 1 is 1.27 bits per heavy atom. The fourth-order valence-electron chi connectivity index (χ4n) is 2.76. The van der Waals surface area contributed by atoms with Crippen molar-refractivity contribution in [2.45, 2.75) is 32.4 Å². The van der Waals surface area contributed by atoms with Crippen LogP contribution in [0.4, 0.5) is 5.69 Å². The maximum absolute atomic E-state index is 12.6. The highest BCUT2D eigenvalue weighted by Crippen LogP contribution is 2.32. The van der Waals surface area contributed by atoms with Crippen LogP contribution < -0.4 is 4.90 Å². The molecule has 2 aromatic rings. The number of nitrogens with zero attached hydrogens (tertiary/aromatic N) is 1. The van der Waals surface area contributed by atoms with Gasteiger partial charge >= 0.3 is 5.97 Å². The van der Waals surface area contributed by atoms with Crippen molar-refractivity contribution >= 4 is 17.6 Å². The smallest absolute Gasteiger partial charge is 0.374 e. The summed E-state index contributed by atoms with van der Waals surface area (Å²) in [5.41, 5.74) is 2.02.